The molecule has 1 N–H and O–H groups in total. The van der Waals surface area contributed by atoms with E-state index >= 15 is 0 Å². The highest BCUT2D eigenvalue weighted by Crippen LogP contribution is 2.24. The lowest BCUT2D eigenvalue weighted by Gasteiger charge is -2.20. The van der Waals surface area contributed by atoms with E-state index in [1.54, 1.807) is 25.3 Å². The van der Waals surface area contributed by atoms with E-state index in [1.807, 2.05) is 13.8 Å². The Labute approximate surface area is 119 Å². The number of alkyl halides is 1. The molecule has 0 fully saturated rings. The maximum Gasteiger partial charge on any atom is 0.255 e. The predicted octanol–water partition coefficient (Wildman–Crippen LogP) is 2.70. The molecule has 5 heteroatoms. The molecule has 0 bridgehead atoms. The van der Waals surface area contributed by atoms with Crippen LogP contribution in [0, 0.1) is 5.92 Å². The Hall–Kier alpha value is -1.42. The lowest BCUT2D eigenvalue weighted by Crippen LogP contribution is -2.40. The lowest BCUT2D eigenvalue weighted by molar-refractivity contribution is 0.0928. The van der Waals surface area contributed by atoms with Crippen molar-refractivity contribution in [2.24, 2.45) is 5.92 Å². The molecule has 1 aromatic rings. The Balaban J connectivity index is 2.93. The molecular weight excluding hydrogens is 266 g/mol. The van der Waals surface area contributed by atoms with Gasteiger partial charge in [0.25, 0.3) is 5.91 Å². The number of hydrogen-bond acceptors (Lipinski definition) is 3. The minimum atomic E-state index is -0.196. The SMILES string of the molecule is COc1ccc(C(=O)NC(CCl)C(C)C)c(OC)c1. The van der Waals surface area contributed by atoms with Crippen LogP contribution in [0.3, 0.4) is 0 Å². The summed E-state index contributed by atoms with van der Waals surface area (Å²) in [6.45, 7) is 4.02. The Morgan fingerprint density at radius 3 is 2.47 bits per heavy atom. The van der Waals surface area contributed by atoms with E-state index in [-0.39, 0.29) is 17.9 Å². The zero-order valence-electron chi connectivity index (χ0n) is 11.7. The first-order valence-corrected chi connectivity index (χ1v) is 6.65. The molecule has 0 saturated carbocycles. The van der Waals surface area contributed by atoms with E-state index < -0.39 is 0 Å². The van der Waals surface area contributed by atoms with Crippen molar-refractivity contribution in [1.29, 1.82) is 0 Å². The smallest absolute Gasteiger partial charge is 0.255 e. The van der Waals surface area contributed by atoms with E-state index in [1.165, 1.54) is 7.11 Å². The van der Waals surface area contributed by atoms with Gasteiger partial charge in [-0.05, 0) is 18.1 Å². The van der Waals surface area contributed by atoms with E-state index in [0.29, 0.717) is 22.9 Å². The number of methoxy groups -OCH3 is 2. The number of benzene rings is 1. The van der Waals surface area contributed by atoms with Crippen LogP contribution in [0.4, 0.5) is 0 Å². The van der Waals surface area contributed by atoms with Gasteiger partial charge in [-0.2, -0.15) is 0 Å². The van der Waals surface area contributed by atoms with Crippen molar-refractivity contribution in [2.45, 2.75) is 19.9 Å². The lowest BCUT2D eigenvalue weighted by atomic mass is 10.1. The summed E-state index contributed by atoms with van der Waals surface area (Å²) in [5, 5.41) is 2.90. The number of hydrogen-bond donors (Lipinski definition) is 1. The fourth-order valence-electron chi connectivity index (χ4n) is 1.62. The second-order valence-corrected chi connectivity index (χ2v) is 4.85. The van der Waals surface area contributed by atoms with E-state index in [0.717, 1.165) is 0 Å². The second kappa shape index (κ2) is 7.24. The molecule has 1 aromatic carbocycles. The Kier molecular flexibility index (Phi) is 5.96. The van der Waals surface area contributed by atoms with Crippen LogP contribution in [0.25, 0.3) is 0 Å². The molecule has 1 atom stereocenters. The van der Waals surface area contributed by atoms with Crippen molar-refractivity contribution in [3.63, 3.8) is 0 Å². The molecule has 0 spiro atoms. The van der Waals surface area contributed by atoms with Gasteiger partial charge in [0.1, 0.15) is 11.5 Å². The highest BCUT2D eigenvalue weighted by Gasteiger charge is 2.19. The van der Waals surface area contributed by atoms with Crippen molar-refractivity contribution >= 4 is 17.5 Å². The van der Waals surface area contributed by atoms with Gasteiger partial charge in [-0.3, -0.25) is 4.79 Å². The molecule has 19 heavy (non-hydrogen) atoms. The first-order chi connectivity index (χ1) is 9.03. The van der Waals surface area contributed by atoms with Crippen molar-refractivity contribution in [3.05, 3.63) is 23.8 Å². The van der Waals surface area contributed by atoms with E-state index in [9.17, 15) is 4.79 Å². The fourth-order valence-corrected chi connectivity index (χ4v) is 2.05. The Bertz CT molecular complexity index is 435. The van der Waals surface area contributed by atoms with Crippen LogP contribution in [-0.4, -0.2) is 32.0 Å². The average molecular weight is 286 g/mol. The summed E-state index contributed by atoms with van der Waals surface area (Å²) in [6.07, 6.45) is 0. The fraction of sp³-hybridized carbons (Fsp3) is 0.500. The van der Waals surface area contributed by atoms with Crippen LogP contribution in [0.1, 0.15) is 24.2 Å². The van der Waals surface area contributed by atoms with Gasteiger partial charge in [-0.1, -0.05) is 13.8 Å². The summed E-state index contributed by atoms with van der Waals surface area (Å²) in [6, 6.07) is 5.02. The molecule has 0 radical (unpaired) electrons. The van der Waals surface area contributed by atoms with Gasteiger partial charge in [0.05, 0.1) is 19.8 Å². The summed E-state index contributed by atoms with van der Waals surface area (Å²) in [5.74, 6) is 1.58. The molecule has 0 aliphatic rings. The molecule has 4 nitrogen and oxygen atoms in total. The Morgan fingerprint density at radius 1 is 1.32 bits per heavy atom. The minimum Gasteiger partial charge on any atom is -0.497 e. The zero-order valence-corrected chi connectivity index (χ0v) is 12.5. The highest BCUT2D eigenvalue weighted by molar-refractivity contribution is 6.18. The number of carbonyl (C=O) groups excluding carboxylic acids is 1. The van der Waals surface area contributed by atoms with Crippen molar-refractivity contribution in [1.82, 2.24) is 5.32 Å². The van der Waals surface area contributed by atoms with E-state index in [2.05, 4.69) is 5.32 Å². The monoisotopic (exact) mass is 285 g/mol. The zero-order chi connectivity index (χ0) is 14.4. The summed E-state index contributed by atoms with van der Waals surface area (Å²) in [5.41, 5.74) is 0.471. The number of rotatable bonds is 6. The average Bonchev–Trinajstić information content (AvgIpc) is 2.43. The molecular formula is C14H20ClNO3. The molecule has 106 valence electrons. The highest BCUT2D eigenvalue weighted by atomic mass is 35.5. The summed E-state index contributed by atoms with van der Waals surface area (Å²) >= 11 is 5.85. The van der Waals surface area contributed by atoms with Gasteiger partial charge in [-0.15, -0.1) is 11.6 Å². The van der Waals surface area contributed by atoms with Gasteiger partial charge in [0.15, 0.2) is 0 Å². The molecule has 0 aliphatic carbocycles. The first-order valence-electron chi connectivity index (χ1n) is 6.12. The quantitative estimate of drug-likeness (QED) is 0.818. The maximum atomic E-state index is 12.2. The molecule has 1 rings (SSSR count). The van der Waals surface area contributed by atoms with Crippen LogP contribution in [-0.2, 0) is 0 Å². The number of nitrogens with one attached hydrogen (secondary N) is 1. The molecule has 1 amide bonds. The van der Waals surface area contributed by atoms with Gasteiger partial charge >= 0.3 is 0 Å². The first kappa shape index (κ1) is 15.6. The number of ether oxygens (including phenoxy) is 2. The summed E-state index contributed by atoms with van der Waals surface area (Å²) in [7, 11) is 3.09. The van der Waals surface area contributed by atoms with Gasteiger partial charge < -0.3 is 14.8 Å². The van der Waals surface area contributed by atoms with Crippen molar-refractivity contribution in [3.8, 4) is 11.5 Å². The van der Waals surface area contributed by atoms with Crippen LogP contribution in [0.15, 0.2) is 18.2 Å². The standard InChI is InChI=1S/C14H20ClNO3/c1-9(2)12(8-15)16-14(17)11-6-5-10(18-3)7-13(11)19-4/h5-7,9,12H,8H2,1-4H3,(H,16,17). The van der Waals surface area contributed by atoms with Crippen LogP contribution >= 0.6 is 11.6 Å². The number of carbonyl (C=O) groups is 1. The van der Waals surface area contributed by atoms with Gasteiger partial charge in [-0.25, -0.2) is 0 Å². The molecule has 0 aromatic heterocycles. The normalized spacial score (nSPS) is 12.1. The third-order valence-corrected chi connectivity index (χ3v) is 3.27. The van der Waals surface area contributed by atoms with Crippen molar-refractivity contribution < 1.29 is 14.3 Å². The summed E-state index contributed by atoms with van der Waals surface area (Å²) in [4.78, 5) is 12.2. The molecule has 0 heterocycles. The molecule has 0 saturated heterocycles. The largest absolute Gasteiger partial charge is 0.497 e. The second-order valence-electron chi connectivity index (χ2n) is 4.54. The van der Waals surface area contributed by atoms with Gasteiger partial charge in [0, 0.05) is 18.0 Å². The third-order valence-electron chi connectivity index (χ3n) is 2.94. The van der Waals surface area contributed by atoms with Crippen LogP contribution < -0.4 is 14.8 Å². The third kappa shape index (κ3) is 4.03. The number of amides is 1. The van der Waals surface area contributed by atoms with Crippen LogP contribution in [0.2, 0.25) is 0 Å². The Morgan fingerprint density at radius 2 is 2.00 bits per heavy atom. The minimum absolute atomic E-state index is 0.0685. The number of halogens is 1. The maximum absolute atomic E-state index is 12.2. The topological polar surface area (TPSA) is 47.6 Å². The van der Waals surface area contributed by atoms with Crippen LogP contribution in [0.5, 0.6) is 11.5 Å². The van der Waals surface area contributed by atoms with Gasteiger partial charge in [0.2, 0.25) is 0 Å². The molecule has 1 unspecified atom stereocenters. The molecule has 0 aliphatic heterocycles. The van der Waals surface area contributed by atoms with Crippen molar-refractivity contribution in [2.75, 3.05) is 20.1 Å². The summed E-state index contributed by atoms with van der Waals surface area (Å²) < 4.78 is 10.3. The van der Waals surface area contributed by atoms with E-state index in [4.69, 9.17) is 21.1 Å². The predicted molar refractivity (Wildman–Crippen MR) is 76.4 cm³/mol.